The summed E-state index contributed by atoms with van der Waals surface area (Å²) in [5.41, 5.74) is 3.72. The Balaban J connectivity index is 1.95. The highest BCUT2D eigenvalue weighted by Crippen LogP contribution is 2.38. The van der Waals surface area contributed by atoms with Gasteiger partial charge in [0.05, 0.1) is 17.2 Å². The van der Waals surface area contributed by atoms with E-state index in [9.17, 15) is 4.79 Å². The third-order valence-corrected chi connectivity index (χ3v) is 3.90. The average molecular weight is 279 g/mol. The van der Waals surface area contributed by atoms with E-state index in [-0.39, 0.29) is 11.8 Å². The molecule has 1 N–H and O–H groups in total. The summed E-state index contributed by atoms with van der Waals surface area (Å²) in [6.07, 6.45) is 5.57. The molecule has 0 radical (unpaired) electrons. The number of hydrogen-bond donors (Lipinski definition) is 1. The lowest BCUT2D eigenvalue weighted by Crippen LogP contribution is -2.24. The van der Waals surface area contributed by atoms with Crippen LogP contribution in [0.4, 0.5) is 5.82 Å². The van der Waals surface area contributed by atoms with Crippen LogP contribution in [0.5, 0.6) is 0 Å². The van der Waals surface area contributed by atoms with Crippen LogP contribution >= 0.6 is 0 Å². The van der Waals surface area contributed by atoms with Gasteiger partial charge in [-0.05, 0) is 11.6 Å². The lowest BCUT2D eigenvalue weighted by atomic mass is 9.86. The molecule has 3 aromatic rings. The number of nitrogens with zero attached hydrogens (tertiary/aromatic N) is 4. The Bertz CT molecular complexity index is 849. The molecule has 1 aromatic carbocycles. The zero-order valence-electron chi connectivity index (χ0n) is 11.4. The van der Waals surface area contributed by atoms with E-state index in [2.05, 4.69) is 20.4 Å². The van der Waals surface area contributed by atoms with Crippen LogP contribution < -0.4 is 5.32 Å². The van der Waals surface area contributed by atoms with Crippen molar-refractivity contribution in [3.63, 3.8) is 0 Å². The topological polar surface area (TPSA) is 72.7 Å². The molecule has 1 aliphatic heterocycles. The minimum absolute atomic E-state index is 0.00278. The van der Waals surface area contributed by atoms with Gasteiger partial charge in [0.25, 0.3) is 0 Å². The van der Waals surface area contributed by atoms with Crippen LogP contribution in [-0.4, -0.2) is 25.7 Å². The molecule has 0 unspecified atom stereocenters. The molecule has 1 amide bonds. The van der Waals surface area contributed by atoms with Crippen molar-refractivity contribution in [2.75, 3.05) is 5.32 Å². The number of rotatable bonds is 1. The van der Waals surface area contributed by atoms with Crippen LogP contribution in [0.1, 0.15) is 23.5 Å². The number of carbonyl (C=O) groups excluding carboxylic acids is 1. The van der Waals surface area contributed by atoms with Crippen molar-refractivity contribution in [3.8, 4) is 0 Å². The number of anilines is 1. The zero-order chi connectivity index (χ0) is 14.4. The number of nitrogens with one attached hydrogen (secondary N) is 1. The van der Waals surface area contributed by atoms with Crippen LogP contribution in [0.3, 0.4) is 0 Å². The lowest BCUT2D eigenvalue weighted by molar-refractivity contribution is -0.116. The van der Waals surface area contributed by atoms with Crippen molar-refractivity contribution in [3.05, 3.63) is 47.9 Å². The van der Waals surface area contributed by atoms with Gasteiger partial charge in [0.15, 0.2) is 0 Å². The fourth-order valence-corrected chi connectivity index (χ4v) is 2.91. The molecular weight excluding hydrogens is 266 g/mol. The predicted molar refractivity (Wildman–Crippen MR) is 77.8 cm³/mol. The summed E-state index contributed by atoms with van der Waals surface area (Å²) in [4.78, 5) is 20.8. The molecule has 21 heavy (non-hydrogen) atoms. The second kappa shape index (κ2) is 4.37. The standard InChI is InChI=1S/C15H13N5O/c1-20-15-11(8-18-20)10(7-13(21)19-15)9-3-2-4-12-14(9)17-6-5-16-12/h2-6,8,10H,7H2,1H3,(H,19,21)/t10-/m1/s1. The summed E-state index contributed by atoms with van der Waals surface area (Å²) >= 11 is 0. The highest BCUT2D eigenvalue weighted by atomic mass is 16.1. The summed E-state index contributed by atoms with van der Waals surface area (Å²) < 4.78 is 1.69. The highest BCUT2D eigenvalue weighted by molar-refractivity contribution is 5.95. The summed E-state index contributed by atoms with van der Waals surface area (Å²) in [6, 6.07) is 5.89. The van der Waals surface area contributed by atoms with Gasteiger partial charge in [0.2, 0.25) is 5.91 Å². The van der Waals surface area contributed by atoms with E-state index in [1.807, 2.05) is 31.4 Å². The average Bonchev–Trinajstić information content (AvgIpc) is 2.87. The van der Waals surface area contributed by atoms with Crippen molar-refractivity contribution in [1.82, 2.24) is 19.7 Å². The smallest absolute Gasteiger partial charge is 0.226 e. The maximum absolute atomic E-state index is 12.0. The molecule has 104 valence electrons. The van der Waals surface area contributed by atoms with E-state index in [0.717, 1.165) is 28.0 Å². The van der Waals surface area contributed by atoms with E-state index < -0.39 is 0 Å². The van der Waals surface area contributed by atoms with Crippen LogP contribution in [0.25, 0.3) is 11.0 Å². The van der Waals surface area contributed by atoms with Gasteiger partial charge in [-0.25, -0.2) is 0 Å². The Morgan fingerprint density at radius 3 is 3.00 bits per heavy atom. The SMILES string of the molecule is Cn1ncc2c1NC(=O)C[C@@H]2c1cccc2nccnc12. The number of aromatic nitrogens is 4. The molecule has 0 bridgehead atoms. The summed E-state index contributed by atoms with van der Waals surface area (Å²) in [7, 11) is 1.82. The van der Waals surface area contributed by atoms with Crippen LogP contribution in [-0.2, 0) is 11.8 Å². The molecule has 0 saturated heterocycles. The number of aryl methyl sites for hydroxylation is 1. The first-order valence-corrected chi connectivity index (χ1v) is 6.75. The number of hydrogen-bond acceptors (Lipinski definition) is 4. The largest absolute Gasteiger partial charge is 0.311 e. The zero-order valence-corrected chi connectivity index (χ0v) is 11.4. The highest BCUT2D eigenvalue weighted by Gasteiger charge is 2.30. The first-order valence-electron chi connectivity index (χ1n) is 6.75. The van der Waals surface area contributed by atoms with E-state index in [4.69, 9.17) is 0 Å². The summed E-state index contributed by atoms with van der Waals surface area (Å²) in [5.74, 6) is 0.719. The number of fused-ring (bicyclic) bond motifs is 2. The van der Waals surface area contributed by atoms with Gasteiger partial charge in [-0.2, -0.15) is 5.10 Å². The van der Waals surface area contributed by atoms with E-state index in [0.29, 0.717) is 6.42 Å². The van der Waals surface area contributed by atoms with Crippen molar-refractivity contribution < 1.29 is 4.79 Å². The van der Waals surface area contributed by atoms with Crippen molar-refractivity contribution in [2.45, 2.75) is 12.3 Å². The molecule has 0 aliphatic carbocycles. The molecule has 4 rings (SSSR count). The predicted octanol–water partition coefficient (Wildman–Crippen LogP) is 1.84. The number of carbonyl (C=O) groups is 1. The van der Waals surface area contributed by atoms with Gasteiger partial charge in [-0.3, -0.25) is 19.4 Å². The maximum atomic E-state index is 12.0. The first-order chi connectivity index (χ1) is 10.2. The van der Waals surface area contributed by atoms with Gasteiger partial charge < -0.3 is 5.32 Å². The molecule has 1 atom stereocenters. The second-order valence-electron chi connectivity index (χ2n) is 5.15. The van der Waals surface area contributed by atoms with Crippen LogP contribution in [0, 0.1) is 0 Å². The van der Waals surface area contributed by atoms with E-state index >= 15 is 0 Å². The van der Waals surface area contributed by atoms with Gasteiger partial charge >= 0.3 is 0 Å². The van der Waals surface area contributed by atoms with Gasteiger partial charge in [-0.1, -0.05) is 12.1 Å². The Labute approximate surface area is 120 Å². The monoisotopic (exact) mass is 279 g/mol. The normalized spacial score (nSPS) is 17.6. The second-order valence-corrected chi connectivity index (χ2v) is 5.15. The molecule has 2 aromatic heterocycles. The third-order valence-electron chi connectivity index (χ3n) is 3.90. The minimum Gasteiger partial charge on any atom is -0.311 e. The molecule has 1 aliphatic rings. The maximum Gasteiger partial charge on any atom is 0.226 e. The number of para-hydroxylation sites is 1. The van der Waals surface area contributed by atoms with Gasteiger partial charge in [0, 0.05) is 37.3 Å². The summed E-state index contributed by atoms with van der Waals surface area (Å²) in [5, 5.41) is 7.14. The molecule has 0 spiro atoms. The van der Waals surface area contributed by atoms with E-state index in [1.54, 1.807) is 17.1 Å². The lowest BCUT2D eigenvalue weighted by Gasteiger charge is -2.23. The third kappa shape index (κ3) is 1.79. The Morgan fingerprint density at radius 2 is 2.10 bits per heavy atom. The van der Waals surface area contributed by atoms with Gasteiger partial charge in [-0.15, -0.1) is 0 Å². The number of benzene rings is 1. The molecule has 6 nitrogen and oxygen atoms in total. The van der Waals surface area contributed by atoms with Crippen LogP contribution in [0.2, 0.25) is 0 Å². The Morgan fingerprint density at radius 1 is 1.24 bits per heavy atom. The number of amides is 1. The Kier molecular flexibility index (Phi) is 2.50. The molecule has 3 heterocycles. The summed E-state index contributed by atoms with van der Waals surface area (Å²) in [6.45, 7) is 0. The van der Waals surface area contributed by atoms with Gasteiger partial charge in [0.1, 0.15) is 5.82 Å². The van der Waals surface area contributed by atoms with Crippen LogP contribution in [0.15, 0.2) is 36.8 Å². The molecular formula is C15H13N5O. The van der Waals surface area contributed by atoms with Crippen molar-refractivity contribution >= 4 is 22.8 Å². The van der Waals surface area contributed by atoms with Crippen molar-refractivity contribution in [1.29, 1.82) is 0 Å². The minimum atomic E-state index is -0.0390. The molecule has 6 heteroatoms. The van der Waals surface area contributed by atoms with Crippen molar-refractivity contribution in [2.24, 2.45) is 7.05 Å². The molecule has 0 saturated carbocycles. The fourth-order valence-electron chi connectivity index (χ4n) is 2.91. The fraction of sp³-hybridized carbons (Fsp3) is 0.200. The quantitative estimate of drug-likeness (QED) is 0.737. The first kappa shape index (κ1) is 12.0. The van der Waals surface area contributed by atoms with E-state index in [1.165, 1.54) is 0 Å². The molecule has 0 fully saturated rings. The Hall–Kier alpha value is -2.76.